The summed E-state index contributed by atoms with van der Waals surface area (Å²) in [4.78, 5) is 34.6. The van der Waals surface area contributed by atoms with Gasteiger partial charge < -0.3 is 9.57 Å². The molecule has 0 N–H and O–H groups in total. The van der Waals surface area contributed by atoms with Gasteiger partial charge in [0, 0.05) is 21.0 Å². The summed E-state index contributed by atoms with van der Waals surface area (Å²) in [5.74, 6) is -1.06. The van der Waals surface area contributed by atoms with Gasteiger partial charge in [-0.15, -0.1) is 22.9 Å². The van der Waals surface area contributed by atoms with Crippen molar-refractivity contribution in [3.63, 3.8) is 0 Å². The summed E-state index contributed by atoms with van der Waals surface area (Å²) in [5, 5.41) is 5.47. The summed E-state index contributed by atoms with van der Waals surface area (Å²) >= 11 is 19.9. The standard InChI is InChI=1S/C16H12Cl3N3O4S/c1-25-15(24)12(21-26-2)9-6-27-16(20-9)22-13(11(19)14(22)23)10-7(17)4-3-5-8(10)18/h3-6,11,13H,1-2H3/b21-12-. The Balaban J connectivity index is 1.99. The maximum Gasteiger partial charge on any atom is 0.362 e. The van der Waals surface area contributed by atoms with Crippen molar-refractivity contribution >= 4 is 68.9 Å². The van der Waals surface area contributed by atoms with E-state index in [1.54, 1.807) is 23.6 Å². The van der Waals surface area contributed by atoms with Gasteiger partial charge >= 0.3 is 5.97 Å². The first-order valence-corrected chi connectivity index (χ1v) is 9.54. The molecule has 1 saturated heterocycles. The number of carbonyl (C=O) groups excluding carboxylic acids is 2. The molecule has 1 amide bonds. The molecule has 2 aromatic rings. The fraction of sp³-hybridized carbons (Fsp3) is 0.250. The molecular formula is C16H12Cl3N3O4S. The number of halogens is 3. The maximum atomic E-state index is 12.4. The van der Waals surface area contributed by atoms with Crippen molar-refractivity contribution in [2.75, 3.05) is 19.1 Å². The molecule has 2 heterocycles. The minimum absolute atomic E-state index is 0.120. The largest absolute Gasteiger partial charge is 0.464 e. The van der Waals surface area contributed by atoms with Crippen molar-refractivity contribution in [2.45, 2.75) is 11.4 Å². The van der Waals surface area contributed by atoms with Crippen LogP contribution in [0.5, 0.6) is 0 Å². The lowest BCUT2D eigenvalue weighted by atomic mass is 9.94. The molecule has 1 fully saturated rings. The highest BCUT2D eigenvalue weighted by molar-refractivity contribution is 7.14. The zero-order valence-electron chi connectivity index (χ0n) is 14.0. The molecule has 2 unspecified atom stereocenters. The summed E-state index contributed by atoms with van der Waals surface area (Å²) in [6.45, 7) is 0. The number of rotatable bonds is 5. The van der Waals surface area contributed by atoms with Crippen LogP contribution in [-0.4, -0.2) is 42.2 Å². The van der Waals surface area contributed by atoms with Crippen molar-refractivity contribution in [1.29, 1.82) is 0 Å². The van der Waals surface area contributed by atoms with Crippen LogP contribution in [0.1, 0.15) is 17.3 Å². The monoisotopic (exact) mass is 447 g/mol. The first-order chi connectivity index (χ1) is 12.9. The molecule has 0 radical (unpaired) electrons. The summed E-state index contributed by atoms with van der Waals surface area (Å²) in [5.41, 5.74) is 0.625. The van der Waals surface area contributed by atoms with Crippen LogP contribution in [0.15, 0.2) is 28.7 Å². The highest BCUT2D eigenvalue weighted by Crippen LogP contribution is 2.47. The third-order valence-corrected chi connectivity index (χ3v) is 5.75. The molecule has 0 aliphatic carbocycles. The number of esters is 1. The maximum absolute atomic E-state index is 12.4. The van der Waals surface area contributed by atoms with E-state index >= 15 is 0 Å². The SMILES string of the molecule is CO/N=C(\C(=O)OC)c1csc(N2C(=O)C(Cl)C2c2c(Cl)cccc2Cl)n1. The average molecular weight is 449 g/mol. The van der Waals surface area contributed by atoms with Crippen LogP contribution < -0.4 is 4.90 Å². The summed E-state index contributed by atoms with van der Waals surface area (Å²) in [6, 6.07) is 4.45. The van der Waals surface area contributed by atoms with Crippen LogP contribution in [0.4, 0.5) is 5.13 Å². The van der Waals surface area contributed by atoms with Crippen molar-refractivity contribution in [3.8, 4) is 0 Å². The van der Waals surface area contributed by atoms with E-state index in [1.165, 1.54) is 19.1 Å². The zero-order chi connectivity index (χ0) is 19.7. The fourth-order valence-electron chi connectivity index (χ4n) is 2.60. The van der Waals surface area contributed by atoms with Gasteiger partial charge in [0.1, 0.15) is 18.2 Å². The molecule has 0 bridgehead atoms. The molecule has 142 valence electrons. The Bertz CT molecular complexity index is 913. The van der Waals surface area contributed by atoms with Crippen LogP contribution in [0.3, 0.4) is 0 Å². The van der Waals surface area contributed by atoms with E-state index in [0.29, 0.717) is 20.7 Å². The highest BCUT2D eigenvalue weighted by atomic mass is 35.5. The van der Waals surface area contributed by atoms with Gasteiger partial charge in [0.15, 0.2) is 5.13 Å². The van der Waals surface area contributed by atoms with Crippen molar-refractivity contribution in [1.82, 2.24) is 4.98 Å². The van der Waals surface area contributed by atoms with Gasteiger partial charge in [0.25, 0.3) is 0 Å². The Hall–Kier alpha value is -1.87. The number of methoxy groups -OCH3 is 1. The van der Waals surface area contributed by atoms with Gasteiger partial charge in [-0.25, -0.2) is 9.78 Å². The van der Waals surface area contributed by atoms with Crippen LogP contribution in [0, 0.1) is 0 Å². The Morgan fingerprint density at radius 2 is 1.96 bits per heavy atom. The van der Waals surface area contributed by atoms with E-state index in [1.807, 2.05) is 0 Å². The lowest BCUT2D eigenvalue weighted by Crippen LogP contribution is -2.56. The fourth-order valence-corrected chi connectivity index (χ4v) is 4.41. The normalized spacial score (nSPS) is 19.7. The number of amides is 1. The summed E-state index contributed by atoms with van der Waals surface area (Å²) in [6.07, 6.45) is 0. The Morgan fingerprint density at radius 1 is 1.30 bits per heavy atom. The molecule has 1 aromatic carbocycles. The Morgan fingerprint density at radius 3 is 2.56 bits per heavy atom. The van der Waals surface area contributed by atoms with Gasteiger partial charge in [0.05, 0.1) is 13.2 Å². The Kier molecular flexibility index (Phi) is 5.90. The second kappa shape index (κ2) is 8.02. The quantitative estimate of drug-likeness (QED) is 0.229. The number of thiazole rings is 1. The molecule has 1 aliphatic heterocycles. The molecule has 3 rings (SSSR count). The average Bonchev–Trinajstić information content (AvgIpc) is 3.12. The third kappa shape index (κ3) is 3.50. The topological polar surface area (TPSA) is 81.1 Å². The zero-order valence-corrected chi connectivity index (χ0v) is 17.1. The van der Waals surface area contributed by atoms with E-state index in [0.717, 1.165) is 11.3 Å². The van der Waals surface area contributed by atoms with E-state index in [2.05, 4.69) is 19.7 Å². The molecule has 1 aliphatic rings. The van der Waals surface area contributed by atoms with E-state index in [-0.39, 0.29) is 17.3 Å². The van der Waals surface area contributed by atoms with E-state index < -0.39 is 17.4 Å². The predicted octanol–water partition coefficient (Wildman–Crippen LogP) is 3.67. The minimum atomic E-state index is -0.831. The molecular weight excluding hydrogens is 437 g/mol. The molecule has 0 spiro atoms. The number of benzene rings is 1. The van der Waals surface area contributed by atoms with Crippen LogP contribution in [0.25, 0.3) is 0 Å². The van der Waals surface area contributed by atoms with Gasteiger partial charge in [-0.1, -0.05) is 34.4 Å². The smallest absolute Gasteiger partial charge is 0.362 e. The number of aromatic nitrogens is 1. The van der Waals surface area contributed by atoms with Crippen LogP contribution in [-0.2, 0) is 19.2 Å². The number of ether oxygens (including phenoxy) is 1. The number of carbonyl (C=O) groups is 2. The van der Waals surface area contributed by atoms with E-state index in [9.17, 15) is 9.59 Å². The van der Waals surface area contributed by atoms with Gasteiger partial charge in [-0.3, -0.25) is 9.69 Å². The molecule has 7 nitrogen and oxygen atoms in total. The number of β-lactam (4-membered cyclic amide) rings is 1. The molecule has 11 heteroatoms. The predicted molar refractivity (Wildman–Crippen MR) is 104 cm³/mol. The van der Waals surface area contributed by atoms with Gasteiger partial charge in [-0.2, -0.15) is 0 Å². The van der Waals surface area contributed by atoms with Crippen molar-refractivity contribution < 1.29 is 19.2 Å². The lowest BCUT2D eigenvalue weighted by Gasteiger charge is -2.43. The van der Waals surface area contributed by atoms with Crippen LogP contribution in [0.2, 0.25) is 10.0 Å². The number of oxime groups is 1. The summed E-state index contributed by atoms with van der Waals surface area (Å²) in [7, 11) is 2.51. The van der Waals surface area contributed by atoms with Crippen molar-refractivity contribution in [2.24, 2.45) is 5.16 Å². The van der Waals surface area contributed by atoms with Gasteiger partial charge in [-0.05, 0) is 12.1 Å². The number of anilines is 1. The Labute approximate surface area is 173 Å². The number of alkyl halides is 1. The van der Waals surface area contributed by atoms with Crippen LogP contribution >= 0.6 is 46.1 Å². The molecule has 27 heavy (non-hydrogen) atoms. The lowest BCUT2D eigenvalue weighted by molar-refractivity contribution is -0.132. The molecule has 1 aromatic heterocycles. The molecule has 2 atom stereocenters. The van der Waals surface area contributed by atoms with Gasteiger partial charge in [0.2, 0.25) is 11.6 Å². The number of hydrogen-bond donors (Lipinski definition) is 0. The number of nitrogens with zero attached hydrogens (tertiary/aromatic N) is 3. The summed E-state index contributed by atoms with van der Waals surface area (Å²) < 4.78 is 4.67. The molecule has 0 saturated carbocycles. The van der Waals surface area contributed by atoms with Crippen molar-refractivity contribution in [3.05, 3.63) is 44.9 Å². The third-order valence-electron chi connectivity index (χ3n) is 3.83. The first kappa shape index (κ1) is 19.9. The number of hydrogen-bond acceptors (Lipinski definition) is 7. The first-order valence-electron chi connectivity index (χ1n) is 7.47. The minimum Gasteiger partial charge on any atom is -0.464 e. The van der Waals surface area contributed by atoms with E-state index in [4.69, 9.17) is 34.8 Å². The second-order valence-corrected chi connectivity index (χ2v) is 7.44. The second-order valence-electron chi connectivity index (χ2n) is 5.32. The highest BCUT2D eigenvalue weighted by Gasteiger charge is 2.50.